The summed E-state index contributed by atoms with van der Waals surface area (Å²) >= 11 is 0. The number of hydrogen-bond donors (Lipinski definition) is 1. The third-order valence-electron chi connectivity index (χ3n) is 3.28. The summed E-state index contributed by atoms with van der Waals surface area (Å²) in [6.45, 7) is 2.12. The molecule has 102 valence electrons. The number of fused-ring (bicyclic) bond motifs is 1. The van der Waals surface area contributed by atoms with Crippen molar-refractivity contribution in [2.75, 3.05) is 18.0 Å². The van der Waals surface area contributed by atoms with E-state index in [1.54, 1.807) is 17.0 Å². The van der Waals surface area contributed by atoms with Gasteiger partial charge in [-0.05, 0) is 23.8 Å². The second-order valence-corrected chi connectivity index (χ2v) is 4.64. The molecule has 0 saturated carbocycles. The van der Waals surface area contributed by atoms with Gasteiger partial charge in [0.25, 0.3) is 0 Å². The molecule has 3 rings (SSSR count). The van der Waals surface area contributed by atoms with Crippen molar-refractivity contribution in [3.63, 3.8) is 0 Å². The molecule has 0 fully saturated rings. The van der Waals surface area contributed by atoms with Gasteiger partial charge < -0.3 is 10.1 Å². The van der Waals surface area contributed by atoms with E-state index in [0.29, 0.717) is 12.3 Å². The number of hydrogen-bond acceptors (Lipinski definition) is 3. The summed E-state index contributed by atoms with van der Waals surface area (Å²) in [5.41, 5.74) is 2.02. The van der Waals surface area contributed by atoms with Crippen LogP contribution < -0.4 is 15.0 Å². The zero-order chi connectivity index (χ0) is 13.8. The Labute approximate surface area is 118 Å². The lowest BCUT2D eigenvalue weighted by Gasteiger charge is -2.21. The molecule has 4 nitrogen and oxygen atoms in total. The Kier molecular flexibility index (Phi) is 3.65. The summed E-state index contributed by atoms with van der Waals surface area (Å²) in [5.74, 6) is 0.562. The average Bonchev–Trinajstić information content (AvgIpc) is 2.70. The number of nitrogens with zero attached hydrogens (tertiary/aromatic N) is 1. The maximum absolute atomic E-state index is 12.4. The van der Waals surface area contributed by atoms with Crippen molar-refractivity contribution in [2.45, 2.75) is 6.54 Å². The van der Waals surface area contributed by atoms with Gasteiger partial charge in [-0.1, -0.05) is 36.4 Å². The first-order chi connectivity index (χ1) is 9.84. The zero-order valence-electron chi connectivity index (χ0n) is 11.1. The summed E-state index contributed by atoms with van der Waals surface area (Å²) in [6, 6.07) is 17.0. The number of anilines is 1. The van der Waals surface area contributed by atoms with Gasteiger partial charge in [0.1, 0.15) is 5.75 Å². The highest BCUT2D eigenvalue weighted by molar-refractivity contribution is 5.90. The average molecular weight is 268 g/mol. The molecular weight excluding hydrogens is 252 g/mol. The van der Waals surface area contributed by atoms with Gasteiger partial charge in [-0.15, -0.1) is 0 Å². The van der Waals surface area contributed by atoms with Crippen LogP contribution in [0.1, 0.15) is 5.56 Å². The molecule has 0 aromatic heterocycles. The molecular formula is C16H16N2O2. The molecule has 2 aromatic rings. The van der Waals surface area contributed by atoms with Crippen molar-refractivity contribution in [2.24, 2.45) is 0 Å². The van der Waals surface area contributed by atoms with Crippen LogP contribution in [0.5, 0.6) is 5.75 Å². The Morgan fingerprint density at radius 1 is 1.05 bits per heavy atom. The highest BCUT2D eigenvalue weighted by atomic mass is 16.6. The lowest BCUT2D eigenvalue weighted by molar-refractivity contribution is 0.207. The summed E-state index contributed by atoms with van der Waals surface area (Å²) in [7, 11) is 0. The smallest absolute Gasteiger partial charge is 0.410 e. The fraction of sp³-hybridized carbons (Fsp3) is 0.188. The van der Waals surface area contributed by atoms with E-state index in [1.807, 2.05) is 42.5 Å². The topological polar surface area (TPSA) is 41.6 Å². The van der Waals surface area contributed by atoms with Gasteiger partial charge in [0.2, 0.25) is 0 Å². The normalized spacial score (nSPS) is 14.3. The van der Waals surface area contributed by atoms with Crippen LogP contribution in [-0.4, -0.2) is 19.2 Å². The Balaban J connectivity index is 1.84. The van der Waals surface area contributed by atoms with Gasteiger partial charge in [-0.2, -0.15) is 0 Å². The Hall–Kier alpha value is -2.33. The van der Waals surface area contributed by atoms with Crippen LogP contribution >= 0.6 is 0 Å². The minimum Gasteiger partial charge on any atom is -0.410 e. The summed E-state index contributed by atoms with van der Waals surface area (Å²) in [6.07, 6.45) is -0.340. The summed E-state index contributed by atoms with van der Waals surface area (Å²) in [4.78, 5) is 14.0. The molecule has 1 N–H and O–H groups in total. The third kappa shape index (κ3) is 2.65. The van der Waals surface area contributed by atoms with Crippen molar-refractivity contribution in [1.82, 2.24) is 5.32 Å². The number of carbonyl (C=O) groups is 1. The molecule has 0 bridgehead atoms. The van der Waals surface area contributed by atoms with E-state index >= 15 is 0 Å². The number of benzene rings is 2. The fourth-order valence-corrected chi connectivity index (χ4v) is 2.29. The molecule has 0 saturated heterocycles. The van der Waals surface area contributed by atoms with E-state index in [-0.39, 0.29) is 6.09 Å². The van der Waals surface area contributed by atoms with Crippen molar-refractivity contribution in [3.8, 4) is 5.75 Å². The van der Waals surface area contributed by atoms with Crippen LogP contribution in [0.4, 0.5) is 10.5 Å². The Morgan fingerprint density at radius 3 is 2.65 bits per heavy atom. The second-order valence-electron chi connectivity index (χ2n) is 4.64. The molecule has 0 unspecified atom stereocenters. The Bertz CT molecular complexity index is 598. The maximum Gasteiger partial charge on any atom is 0.419 e. The summed E-state index contributed by atoms with van der Waals surface area (Å²) < 4.78 is 5.43. The maximum atomic E-state index is 12.4. The van der Waals surface area contributed by atoms with Gasteiger partial charge in [0.05, 0.1) is 5.69 Å². The molecule has 0 spiro atoms. The number of rotatable bonds is 1. The standard InChI is InChI=1S/C16H16N2O2/c19-16(20-14-7-2-1-3-8-14)18-11-10-17-12-13-6-4-5-9-15(13)18/h1-9,17H,10-12H2. The van der Waals surface area contributed by atoms with Gasteiger partial charge in [-0.25, -0.2) is 4.79 Å². The lowest BCUT2D eigenvalue weighted by Crippen LogP contribution is -2.36. The zero-order valence-corrected chi connectivity index (χ0v) is 11.1. The predicted octanol–water partition coefficient (Wildman–Crippen LogP) is 2.80. The van der Waals surface area contributed by atoms with Gasteiger partial charge in [-0.3, -0.25) is 4.90 Å². The monoisotopic (exact) mass is 268 g/mol. The van der Waals surface area contributed by atoms with Crippen molar-refractivity contribution >= 4 is 11.8 Å². The number of ether oxygens (including phenoxy) is 1. The van der Waals surface area contributed by atoms with E-state index in [1.165, 1.54) is 0 Å². The molecule has 1 aliphatic rings. The number of carbonyl (C=O) groups excluding carboxylic acids is 1. The van der Waals surface area contributed by atoms with E-state index in [9.17, 15) is 4.79 Å². The lowest BCUT2D eigenvalue weighted by atomic mass is 10.1. The Morgan fingerprint density at radius 2 is 1.80 bits per heavy atom. The van der Waals surface area contributed by atoms with Crippen molar-refractivity contribution in [3.05, 3.63) is 60.2 Å². The van der Waals surface area contributed by atoms with Crippen molar-refractivity contribution in [1.29, 1.82) is 0 Å². The summed E-state index contributed by atoms with van der Waals surface area (Å²) in [5, 5.41) is 3.30. The molecule has 0 radical (unpaired) electrons. The molecule has 1 heterocycles. The number of para-hydroxylation sites is 2. The highest BCUT2D eigenvalue weighted by Crippen LogP contribution is 2.23. The predicted molar refractivity (Wildman–Crippen MR) is 78.0 cm³/mol. The molecule has 20 heavy (non-hydrogen) atoms. The molecule has 1 amide bonds. The van der Waals surface area contributed by atoms with Crippen LogP contribution in [0.25, 0.3) is 0 Å². The van der Waals surface area contributed by atoms with Crippen LogP contribution in [-0.2, 0) is 6.54 Å². The first kappa shape index (κ1) is 12.7. The number of nitrogens with one attached hydrogen (secondary N) is 1. The molecule has 4 heteroatoms. The van der Waals surface area contributed by atoms with Gasteiger partial charge in [0, 0.05) is 19.6 Å². The number of amides is 1. The molecule has 2 aromatic carbocycles. The van der Waals surface area contributed by atoms with Crippen molar-refractivity contribution < 1.29 is 9.53 Å². The van der Waals surface area contributed by atoms with Crippen LogP contribution in [0, 0.1) is 0 Å². The van der Waals surface area contributed by atoms with Crippen LogP contribution in [0.2, 0.25) is 0 Å². The third-order valence-corrected chi connectivity index (χ3v) is 3.28. The minimum atomic E-state index is -0.340. The fourth-order valence-electron chi connectivity index (χ4n) is 2.29. The van der Waals surface area contributed by atoms with Crippen LogP contribution in [0.15, 0.2) is 54.6 Å². The minimum absolute atomic E-state index is 0.340. The molecule has 0 atom stereocenters. The van der Waals surface area contributed by atoms with Gasteiger partial charge >= 0.3 is 6.09 Å². The van der Waals surface area contributed by atoms with E-state index in [2.05, 4.69) is 5.32 Å². The van der Waals surface area contributed by atoms with Crippen LogP contribution in [0.3, 0.4) is 0 Å². The molecule has 0 aliphatic carbocycles. The highest BCUT2D eigenvalue weighted by Gasteiger charge is 2.22. The largest absolute Gasteiger partial charge is 0.419 e. The van der Waals surface area contributed by atoms with E-state index in [4.69, 9.17) is 4.74 Å². The first-order valence-corrected chi connectivity index (χ1v) is 6.67. The van der Waals surface area contributed by atoms with E-state index in [0.717, 1.165) is 24.3 Å². The first-order valence-electron chi connectivity index (χ1n) is 6.67. The van der Waals surface area contributed by atoms with E-state index < -0.39 is 0 Å². The quantitative estimate of drug-likeness (QED) is 0.864. The van der Waals surface area contributed by atoms with Gasteiger partial charge in [0.15, 0.2) is 0 Å². The SMILES string of the molecule is O=C(Oc1ccccc1)N1CCNCc2ccccc21. The second kappa shape index (κ2) is 5.75. The molecule has 1 aliphatic heterocycles.